The van der Waals surface area contributed by atoms with Crippen LogP contribution in [0, 0.1) is 0 Å². The molecule has 0 aromatic carbocycles. The van der Waals surface area contributed by atoms with Crippen molar-refractivity contribution in [1.82, 2.24) is 15.1 Å². The average molecular weight is 253 g/mol. The van der Waals surface area contributed by atoms with Crippen molar-refractivity contribution in [2.75, 3.05) is 13.6 Å². The van der Waals surface area contributed by atoms with Gasteiger partial charge in [-0.15, -0.1) is 0 Å². The van der Waals surface area contributed by atoms with Crippen LogP contribution < -0.4 is 0 Å². The molecule has 0 aliphatic rings. The number of H-pyrrole nitrogens is 1. The first kappa shape index (κ1) is 14.2. The molecular formula is C12H19N3O3. The van der Waals surface area contributed by atoms with Gasteiger partial charge in [-0.2, -0.15) is 5.10 Å². The molecule has 100 valence electrons. The molecule has 1 rings (SSSR count). The molecule has 1 aromatic heterocycles. The summed E-state index contributed by atoms with van der Waals surface area (Å²) < 4.78 is 0. The Morgan fingerprint density at radius 2 is 2.06 bits per heavy atom. The van der Waals surface area contributed by atoms with Crippen LogP contribution in [0.5, 0.6) is 0 Å². The second kappa shape index (κ2) is 5.20. The number of carbonyl (C=O) groups excluding carboxylic acids is 1. The molecular weight excluding hydrogens is 234 g/mol. The highest BCUT2D eigenvalue weighted by Crippen LogP contribution is 2.20. The fourth-order valence-corrected chi connectivity index (χ4v) is 1.38. The van der Waals surface area contributed by atoms with E-state index in [2.05, 4.69) is 10.2 Å². The van der Waals surface area contributed by atoms with E-state index in [0.29, 0.717) is 5.69 Å². The second-order valence-electron chi connectivity index (χ2n) is 5.29. The normalized spacial score (nSPS) is 11.3. The smallest absolute Gasteiger partial charge is 0.305 e. The number of carbonyl (C=O) groups is 2. The summed E-state index contributed by atoms with van der Waals surface area (Å²) in [4.78, 5) is 23.7. The quantitative estimate of drug-likeness (QED) is 0.845. The minimum atomic E-state index is -0.924. The maximum absolute atomic E-state index is 11.9. The van der Waals surface area contributed by atoms with Gasteiger partial charge in [-0.1, -0.05) is 20.8 Å². The summed E-state index contributed by atoms with van der Waals surface area (Å²) in [6.45, 7) is 6.22. The number of hydrogen-bond acceptors (Lipinski definition) is 3. The lowest BCUT2D eigenvalue weighted by Crippen LogP contribution is -2.29. The molecule has 0 saturated carbocycles. The Morgan fingerprint density at radius 3 is 2.50 bits per heavy atom. The molecule has 0 unspecified atom stereocenters. The number of carboxylic acids is 1. The third-order valence-electron chi connectivity index (χ3n) is 2.61. The van der Waals surface area contributed by atoms with Gasteiger partial charge in [0.1, 0.15) is 5.69 Å². The molecule has 1 amide bonds. The largest absolute Gasteiger partial charge is 0.481 e. The van der Waals surface area contributed by atoms with Gasteiger partial charge in [0.05, 0.1) is 6.42 Å². The number of aliphatic carboxylic acids is 1. The van der Waals surface area contributed by atoms with Crippen molar-refractivity contribution in [3.8, 4) is 0 Å². The highest BCUT2D eigenvalue weighted by atomic mass is 16.4. The van der Waals surface area contributed by atoms with Crippen LogP contribution >= 0.6 is 0 Å². The van der Waals surface area contributed by atoms with Gasteiger partial charge in [0.15, 0.2) is 0 Å². The molecule has 0 saturated heterocycles. The van der Waals surface area contributed by atoms with Crippen molar-refractivity contribution < 1.29 is 14.7 Å². The zero-order chi connectivity index (χ0) is 13.9. The van der Waals surface area contributed by atoms with E-state index in [1.807, 2.05) is 20.8 Å². The zero-order valence-electron chi connectivity index (χ0n) is 11.1. The number of aromatic amines is 1. The molecule has 1 heterocycles. The van der Waals surface area contributed by atoms with Gasteiger partial charge < -0.3 is 10.0 Å². The van der Waals surface area contributed by atoms with Gasteiger partial charge in [0, 0.05) is 24.7 Å². The first-order valence-corrected chi connectivity index (χ1v) is 5.75. The number of carboxylic acid groups (broad SMARTS) is 1. The SMILES string of the molecule is CN(CCC(=O)O)C(=O)c1cc(C(C)(C)C)[nH]n1. The van der Waals surface area contributed by atoms with Crippen LogP contribution in [0.3, 0.4) is 0 Å². The molecule has 0 radical (unpaired) electrons. The maximum Gasteiger partial charge on any atom is 0.305 e. The number of hydrogen-bond donors (Lipinski definition) is 2. The van der Waals surface area contributed by atoms with Crippen molar-refractivity contribution >= 4 is 11.9 Å². The van der Waals surface area contributed by atoms with Gasteiger partial charge in [-0.25, -0.2) is 0 Å². The Kier molecular flexibility index (Phi) is 4.11. The molecule has 2 N–H and O–H groups in total. The van der Waals surface area contributed by atoms with Crippen LogP contribution in [-0.4, -0.2) is 45.7 Å². The summed E-state index contributed by atoms with van der Waals surface area (Å²) in [5, 5.41) is 15.4. The van der Waals surface area contributed by atoms with Crippen molar-refractivity contribution in [3.63, 3.8) is 0 Å². The van der Waals surface area contributed by atoms with Gasteiger partial charge in [-0.3, -0.25) is 14.7 Å². The van der Waals surface area contributed by atoms with Crippen LogP contribution in [0.25, 0.3) is 0 Å². The third kappa shape index (κ3) is 3.58. The topological polar surface area (TPSA) is 86.3 Å². The van der Waals surface area contributed by atoms with E-state index in [4.69, 9.17) is 5.11 Å². The molecule has 1 aromatic rings. The Hall–Kier alpha value is -1.85. The van der Waals surface area contributed by atoms with Crippen LogP contribution in [0.2, 0.25) is 0 Å². The van der Waals surface area contributed by atoms with Crippen LogP contribution in [0.1, 0.15) is 43.4 Å². The Morgan fingerprint density at radius 1 is 1.44 bits per heavy atom. The monoisotopic (exact) mass is 253 g/mol. The first-order chi connectivity index (χ1) is 8.21. The zero-order valence-corrected chi connectivity index (χ0v) is 11.1. The first-order valence-electron chi connectivity index (χ1n) is 5.75. The van der Waals surface area contributed by atoms with Crippen molar-refractivity contribution in [1.29, 1.82) is 0 Å². The number of amides is 1. The van der Waals surface area contributed by atoms with Crippen molar-refractivity contribution in [3.05, 3.63) is 17.5 Å². The van der Waals surface area contributed by atoms with Gasteiger partial charge >= 0.3 is 5.97 Å². The van der Waals surface area contributed by atoms with E-state index in [1.54, 1.807) is 13.1 Å². The summed E-state index contributed by atoms with van der Waals surface area (Å²) in [5.41, 5.74) is 1.08. The lowest BCUT2D eigenvalue weighted by Gasteiger charge is -2.15. The number of nitrogens with one attached hydrogen (secondary N) is 1. The fraction of sp³-hybridized carbons (Fsp3) is 0.583. The molecule has 0 fully saturated rings. The van der Waals surface area contributed by atoms with E-state index >= 15 is 0 Å². The van der Waals surface area contributed by atoms with Crippen LogP contribution in [0.4, 0.5) is 0 Å². The minimum absolute atomic E-state index is 0.0706. The highest BCUT2D eigenvalue weighted by Gasteiger charge is 2.21. The predicted molar refractivity (Wildman–Crippen MR) is 66.5 cm³/mol. The van der Waals surface area contributed by atoms with E-state index in [1.165, 1.54) is 4.90 Å². The van der Waals surface area contributed by atoms with E-state index < -0.39 is 5.97 Å². The lowest BCUT2D eigenvalue weighted by molar-refractivity contribution is -0.137. The second-order valence-corrected chi connectivity index (χ2v) is 5.29. The summed E-state index contributed by atoms with van der Waals surface area (Å²) in [7, 11) is 1.57. The van der Waals surface area contributed by atoms with Gasteiger partial charge in [0.25, 0.3) is 5.91 Å². The summed E-state index contributed by atoms with van der Waals surface area (Å²) in [6.07, 6.45) is -0.0706. The Balaban J connectivity index is 2.72. The molecule has 0 bridgehead atoms. The molecule has 18 heavy (non-hydrogen) atoms. The van der Waals surface area contributed by atoms with E-state index in [0.717, 1.165) is 5.69 Å². The summed E-state index contributed by atoms with van der Waals surface area (Å²) in [5.74, 6) is -1.20. The van der Waals surface area contributed by atoms with E-state index in [-0.39, 0.29) is 24.3 Å². The Labute approximate surface area is 106 Å². The molecule has 6 heteroatoms. The average Bonchev–Trinajstić information content (AvgIpc) is 2.73. The summed E-state index contributed by atoms with van der Waals surface area (Å²) >= 11 is 0. The minimum Gasteiger partial charge on any atom is -0.481 e. The van der Waals surface area contributed by atoms with Crippen molar-refractivity contribution in [2.24, 2.45) is 0 Å². The molecule has 0 aliphatic carbocycles. The van der Waals surface area contributed by atoms with Crippen LogP contribution in [0.15, 0.2) is 6.07 Å². The summed E-state index contributed by atoms with van der Waals surface area (Å²) in [6, 6.07) is 1.71. The van der Waals surface area contributed by atoms with Gasteiger partial charge in [-0.05, 0) is 6.07 Å². The van der Waals surface area contributed by atoms with Crippen molar-refractivity contribution in [2.45, 2.75) is 32.6 Å². The van der Waals surface area contributed by atoms with Gasteiger partial charge in [0.2, 0.25) is 0 Å². The van der Waals surface area contributed by atoms with Crippen LogP contribution in [-0.2, 0) is 10.2 Å². The Bertz CT molecular complexity index is 446. The number of nitrogens with zero attached hydrogens (tertiary/aromatic N) is 2. The lowest BCUT2D eigenvalue weighted by atomic mass is 9.92. The third-order valence-corrected chi connectivity index (χ3v) is 2.61. The number of rotatable bonds is 4. The molecule has 0 aliphatic heterocycles. The molecule has 6 nitrogen and oxygen atoms in total. The van der Waals surface area contributed by atoms with E-state index in [9.17, 15) is 9.59 Å². The fourth-order valence-electron chi connectivity index (χ4n) is 1.38. The standard InChI is InChI=1S/C12H19N3O3/c1-12(2,3)9-7-8(13-14-9)11(18)15(4)6-5-10(16)17/h7H,5-6H2,1-4H3,(H,13,14)(H,16,17). The molecule has 0 atom stereocenters. The highest BCUT2D eigenvalue weighted by molar-refractivity contribution is 5.92. The predicted octanol–water partition coefficient (Wildman–Crippen LogP) is 1.25. The number of aromatic nitrogens is 2. The molecule has 0 spiro atoms. The maximum atomic E-state index is 11.9.